The van der Waals surface area contributed by atoms with Gasteiger partial charge in [0.1, 0.15) is 11.5 Å². The molecule has 0 saturated carbocycles. The summed E-state index contributed by atoms with van der Waals surface area (Å²) in [7, 11) is 0. The zero-order valence-corrected chi connectivity index (χ0v) is 12.4. The van der Waals surface area contributed by atoms with Gasteiger partial charge < -0.3 is 15.1 Å². The molecule has 1 saturated heterocycles. The monoisotopic (exact) mass is 265 g/mol. The van der Waals surface area contributed by atoms with Crippen LogP contribution in [-0.4, -0.2) is 49.1 Å². The molecule has 0 amide bonds. The lowest BCUT2D eigenvalue weighted by Gasteiger charge is -2.38. The standard InChI is InChI=1S/C15H27N3O/c1-12(2)11-17-6-8-18(9-7-17)14(10-16)15-5-4-13(3)19-15/h4-5,12,14H,6-11,16H2,1-3H3. The first-order valence-electron chi connectivity index (χ1n) is 7.33. The van der Waals surface area contributed by atoms with Crippen molar-refractivity contribution in [3.8, 4) is 0 Å². The van der Waals surface area contributed by atoms with E-state index in [1.807, 2.05) is 13.0 Å². The fraction of sp³-hybridized carbons (Fsp3) is 0.733. The van der Waals surface area contributed by atoms with Gasteiger partial charge >= 0.3 is 0 Å². The van der Waals surface area contributed by atoms with Crippen LogP contribution in [0.15, 0.2) is 16.5 Å². The van der Waals surface area contributed by atoms with E-state index >= 15 is 0 Å². The third-order valence-corrected chi connectivity index (χ3v) is 3.78. The predicted molar refractivity (Wildman–Crippen MR) is 78.1 cm³/mol. The van der Waals surface area contributed by atoms with Gasteiger partial charge in [-0.15, -0.1) is 0 Å². The highest BCUT2D eigenvalue weighted by Gasteiger charge is 2.26. The van der Waals surface area contributed by atoms with Gasteiger partial charge in [-0.05, 0) is 25.0 Å². The molecule has 1 aliphatic rings. The third kappa shape index (κ3) is 3.81. The van der Waals surface area contributed by atoms with Gasteiger partial charge in [0.2, 0.25) is 0 Å². The van der Waals surface area contributed by atoms with Crippen LogP contribution >= 0.6 is 0 Å². The van der Waals surface area contributed by atoms with E-state index in [0.717, 1.165) is 43.6 Å². The first kappa shape index (κ1) is 14.6. The first-order chi connectivity index (χ1) is 9.10. The van der Waals surface area contributed by atoms with E-state index in [-0.39, 0.29) is 6.04 Å². The Bertz CT molecular complexity index is 380. The molecule has 2 heterocycles. The normalized spacial score (nSPS) is 20.1. The second-order valence-corrected chi connectivity index (χ2v) is 5.93. The molecule has 108 valence electrons. The molecule has 1 atom stereocenters. The molecule has 1 aliphatic heterocycles. The number of hydrogen-bond acceptors (Lipinski definition) is 4. The van der Waals surface area contributed by atoms with Crippen molar-refractivity contribution in [3.05, 3.63) is 23.7 Å². The zero-order chi connectivity index (χ0) is 13.8. The van der Waals surface area contributed by atoms with Crippen LogP contribution in [0, 0.1) is 12.8 Å². The molecule has 0 bridgehead atoms. The van der Waals surface area contributed by atoms with Crippen LogP contribution in [0.5, 0.6) is 0 Å². The van der Waals surface area contributed by atoms with Crippen LogP contribution in [0.1, 0.15) is 31.4 Å². The van der Waals surface area contributed by atoms with E-state index in [1.165, 1.54) is 6.54 Å². The maximum absolute atomic E-state index is 5.95. The van der Waals surface area contributed by atoms with Crippen molar-refractivity contribution in [1.29, 1.82) is 0 Å². The molecule has 4 heteroatoms. The van der Waals surface area contributed by atoms with Gasteiger partial charge in [0.25, 0.3) is 0 Å². The summed E-state index contributed by atoms with van der Waals surface area (Å²) in [6.07, 6.45) is 0. The third-order valence-electron chi connectivity index (χ3n) is 3.78. The van der Waals surface area contributed by atoms with Gasteiger partial charge in [0.15, 0.2) is 0 Å². The lowest BCUT2D eigenvalue weighted by atomic mass is 10.1. The van der Waals surface area contributed by atoms with Gasteiger partial charge in [-0.2, -0.15) is 0 Å². The SMILES string of the molecule is Cc1ccc(C(CN)N2CCN(CC(C)C)CC2)o1. The number of nitrogens with zero attached hydrogens (tertiary/aromatic N) is 2. The van der Waals surface area contributed by atoms with Gasteiger partial charge in [-0.25, -0.2) is 0 Å². The van der Waals surface area contributed by atoms with Gasteiger partial charge in [0.05, 0.1) is 6.04 Å². The Morgan fingerprint density at radius 3 is 2.37 bits per heavy atom. The number of furan rings is 1. The Hall–Kier alpha value is -0.840. The summed E-state index contributed by atoms with van der Waals surface area (Å²) in [5.41, 5.74) is 5.95. The molecule has 0 spiro atoms. The Balaban J connectivity index is 1.92. The van der Waals surface area contributed by atoms with E-state index in [4.69, 9.17) is 10.2 Å². The fourth-order valence-corrected chi connectivity index (χ4v) is 2.85. The minimum absolute atomic E-state index is 0.231. The number of piperazine rings is 1. The Morgan fingerprint density at radius 2 is 1.89 bits per heavy atom. The Labute approximate surface area is 116 Å². The second kappa shape index (κ2) is 6.55. The van der Waals surface area contributed by atoms with Crippen molar-refractivity contribution >= 4 is 0 Å². The van der Waals surface area contributed by atoms with Crippen LogP contribution in [0.3, 0.4) is 0 Å². The highest BCUT2D eigenvalue weighted by Crippen LogP contribution is 2.23. The molecule has 1 unspecified atom stereocenters. The van der Waals surface area contributed by atoms with E-state index in [9.17, 15) is 0 Å². The number of nitrogens with two attached hydrogens (primary N) is 1. The molecule has 19 heavy (non-hydrogen) atoms. The predicted octanol–water partition coefficient (Wildman–Crippen LogP) is 1.86. The Kier molecular flexibility index (Phi) is 5.02. The second-order valence-electron chi connectivity index (χ2n) is 5.93. The van der Waals surface area contributed by atoms with Crippen LogP contribution in [0.25, 0.3) is 0 Å². The number of hydrogen-bond donors (Lipinski definition) is 1. The van der Waals surface area contributed by atoms with Gasteiger partial charge in [0, 0.05) is 39.3 Å². The summed E-state index contributed by atoms with van der Waals surface area (Å²) < 4.78 is 5.75. The van der Waals surface area contributed by atoms with Crippen LogP contribution in [0.4, 0.5) is 0 Å². The van der Waals surface area contributed by atoms with Gasteiger partial charge in [-0.1, -0.05) is 13.8 Å². The number of rotatable bonds is 5. The molecule has 1 aromatic heterocycles. The first-order valence-corrected chi connectivity index (χ1v) is 7.33. The summed E-state index contributed by atoms with van der Waals surface area (Å²) in [5, 5.41) is 0. The van der Waals surface area contributed by atoms with Crippen molar-refractivity contribution < 1.29 is 4.42 Å². The molecule has 0 aromatic carbocycles. The van der Waals surface area contributed by atoms with E-state index in [1.54, 1.807) is 0 Å². The van der Waals surface area contributed by atoms with E-state index in [2.05, 4.69) is 29.7 Å². The maximum Gasteiger partial charge on any atom is 0.122 e. The summed E-state index contributed by atoms with van der Waals surface area (Å²) in [6, 6.07) is 4.32. The Morgan fingerprint density at radius 1 is 1.21 bits per heavy atom. The van der Waals surface area contributed by atoms with Crippen molar-refractivity contribution in [1.82, 2.24) is 9.80 Å². The largest absolute Gasteiger partial charge is 0.465 e. The molecular formula is C15H27N3O. The lowest BCUT2D eigenvalue weighted by molar-refractivity contribution is 0.0827. The maximum atomic E-state index is 5.95. The topological polar surface area (TPSA) is 45.6 Å². The highest BCUT2D eigenvalue weighted by atomic mass is 16.3. The summed E-state index contributed by atoms with van der Waals surface area (Å²) >= 11 is 0. The lowest BCUT2D eigenvalue weighted by Crippen LogP contribution is -2.49. The summed E-state index contributed by atoms with van der Waals surface area (Å²) in [6.45, 7) is 12.8. The quantitative estimate of drug-likeness (QED) is 0.882. The van der Waals surface area contributed by atoms with Crippen molar-refractivity contribution in [2.45, 2.75) is 26.8 Å². The van der Waals surface area contributed by atoms with Crippen LogP contribution < -0.4 is 5.73 Å². The molecule has 2 rings (SSSR count). The highest BCUT2D eigenvalue weighted by molar-refractivity contribution is 5.10. The average molecular weight is 265 g/mol. The molecule has 4 nitrogen and oxygen atoms in total. The fourth-order valence-electron chi connectivity index (χ4n) is 2.85. The van der Waals surface area contributed by atoms with Crippen LogP contribution in [0.2, 0.25) is 0 Å². The van der Waals surface area contributed by atoms with Crippen LogP contribution in [-0.2, 0) is 0 Å². The average Bonchev–Trinajstić information content (AvgIpc) is 2.78. The molecule has 1 fully saturated rings. The zero-order valence-electron chi connectivity index (χ0n) is 12.4. The minimum Gasteiger partial charge on any atom is -0.465 e. The van der Waals surface area contributed by atoms with Crippen molar-refractivity contribution in [3.63, 3.8) is 0 Å². The molecule has 1 aromatic rings. The molecule has 0 aliphatic carbocycles. The summed E-state index contributed by atoms with van der Waals surface area (Å²) in [5.74, 6) is 2.72. The molecule has 2 N–H and O–H groups in total. The molecular weight excluding hydrogens is 238 g/mol. The van der Waals surface area contributed by atoms with Crippen molar-refractivity contribution in [2.75, 3.05) is 39.3 Å². The molecule has 0 radical (unpaired) electrons. The summed E-state index contributed by atoms with van der Waals surface area (Å²) in [4.78, 5) is 5.00. The number of aryl methyl sites for hydroxylation is 1. The van der Waals surface area contributed by atoms with E-state index in [0.29, 0.717) is 6.54 Å². The van der Waals surface area contributed by atoms with Gasteiger partial charge in [-0.3, -0.25) is 4.90 Å². The van der Waals surface area contributed by atoms with E-state index < -0.39 is 0 Å². The van der Waals surface area contributed by atoms with Crippen molar-refractivity contribution in [2.24, 2.45) is 11.7 Å². The minimum atomic E-state index is 0.231. The smallest absolute Gasteiger partial charge is 0.122 e.